The Hall–Kier alpha value is -0.550. The van der Waals surface area contributed by atoms with Gasteiger partial charge in [-0.15, -0.1) is 0 Å². The minimum absolute atomic E-state index is 0.00958. The van der Waals surface area contributed by atoms with E-state index in [2.05, 4.69) is 6.92 Å². The number of ether oxygens (including phenoxy) is 2. The molecule has 0 aliphatic carbocycles. The second kappa shape index (κ2) is 18.5. The van der Waals surface area contributed by atoms with Gasteiger partial charge in [0.15, 0.2) is 0 Å². The van der Waals surface area contributed by atoms with Gasteiger partial charge in [0.1, 0.15) is 12.7 Å². The molecule has 2 unspecified atom stereocenters. The summed E-state index contributed by atoms with van der Waals surface area (Å²) in [7, 11) is 1.46. The average Bonchev–Trinajstić information content (AvgIpc) is 2.67. The summed E-state index contributed by atoms with van der Waals surface area (Å²) in [6, 6.07) is 1.88. The third kappa shape index (κ3) is 17.5. The molecule has 0 bridgehead atoms. The molecule has 1 N–H and O–H groups in total. The first-order valence-corrected chi connectivity index (χ1v) is 12.7. The van der Waals surface area contributed by atoms with Crippen molar-refractivity contribution in [2.24, 2.45) is 0 Å². The van der Waals surface area contributed by atoms with Gasteiger partial charge in [0.05, 0.1) is 25.7 Å². The highest BCUT2D eigenvalue weighted by molar-refractivity contribution is 8.07. The number of nitrogens with zero attached hydrogens (tertiary/aromatic N) is 1. The van der Waals surface area contributed by atoms with E-state index >= 15 is 0 Å². The molecule has 0 spiro atoms. The van der Waals surface area contributed by atoms with E-state index in [1.165, 1.54) is 45.6 Å². The Balaban J connectivity index is 3.76. The number of unbranched alkanes of at least 4 members (excludes halogenated alkanes) is 8. The van der Waals surface area contributed by atoms with Gasteiger partial charge in [-0.2, -0.15) is 5.26 Å². The van der Waals surface area contributed by atoms with Crippen LogP contribution in [0.3, 0.4) is 0 Å². The number of rotatable bonds is 19. The number of esters is 1. The molecule has 0 rings (SSSR count). The van der Waals surface area contributed by atoms with Crippen LogP contribution in [-0.4, -0.2) is 43.9 Å². The highest BCUT2D eigenvalue weighted by Gasteiger charge is 2.19. The minimum Gasteiger partial charge on any atom is -0.463 e. The fourth-order valence-electron chi connectivity index (χ4n) is 2.44. The Morgan fingerprint density at radius 2 is 1.68 bits per heavy atom. The Morgan fingerprint density at radius 3 is 2.25 bits per heavy atom. The number of hydrogen-bond acceptors (Lipinski definition) is 7. The number of carbonyl (C=O) groups is 1. The van der Waals surface area contributed by atoms with Crippen molar-refractivity contribution in [3.8, 4) is 6.07 Å². The summed E-state index contributed by atoms with van der Waals surface area (Å²) in [6.07, 6.45) is 10.7. The van der Waals surface area contributed by atoms with Crippen LogP contribution in [0.4, 0.5) is 0 Å². The Morgan fingerprint density at radius 1 is 1.07 bits per heavy atom. The normalized spacial score (nSPS) is 14.2. The third-order valence-corrected chi connectivity index (χ3v) is 5.76. The largest absolute Gasteiger partial charge is 0.463 e. The summed E-state index contributed by atoms with van der Waals surface area (Å²) in [5.41, 5.74) is 0. The lowest BCUT2D eigenvalue weighted by Gasteiger charge is -2.19. The molecule has 164 valence electrons. The molecule has 0 aliphatic rings. The first-order chi connectivity index (χ1) is 13.4. The quantitative estimate of drug-likeness (QED) is 0.177. The van der Waals surface area contributed by atoms with Gasteiger partial charge in [-0.1, -0.05) is 58.3 Å². The third-order valence-electron chi connectivity index (χ3n) is 4.14. The maximum absolute atomic E-state index is 11.8. The van der Waals surface area contributed by atoms with Crippen LogP contribution in [0, 0.1) is 11.3 Å². The first-order valence-electron chi connectivity index (χ1n) is 10.1. The van der Waals surface area contributed by atoms with Gasteiger partial charge in [0, 0.05) is 13.5 Å². The Labute approximate surface area is 174 Å². The topological polar surface area (TPSA) is 98.0 Å². The molecular formula is C19H36NO6PS. The van der Waals surface area contributed by atoms with Crippen molar-refractivity contribution >= 4 is 24.5 Å². The molecule has 0 aliphatic heterocycles. The SMILES string of the molecule is CCCCCCCCCCCC(=O)OCC(COP(O)(=S)OCCC#N)OC. The summed E-state index contributed by atoms with van der Waals surface area (Å²) in [6.45, 7) is -1.21. The molecule has 2 atom stereocenters. The van der Waals surface area contributed by atoms with Crippen molar-refractivity contribution < 1.29 is 28.2 Å². The summed E-state index contributed by atoms with van der Waals surface area (Å²) in [4.78, 5) is 21.6. The lowest BCUT2D eigenvalue weighted by atomic mass is 10.1. The lowest BCUT2D eigenvalue weighted by molar-refractivity contribution is -0.148. The molecule has 0 saturated carbocycles. The van der Waals surface area contributed by atoms with Crippen LogP contribution in [0.25, 0.3) is 0 Å². The molecule has 0 amide bonds. The van der Waals surface area contributed by atoms with E-state index < -0.39 is 12.8 Å². The van der Waals surface area contributed by atoms with Crippen LogP contribution < -0.4 is 0 Å². The van der Waals surface area contributed by atoms with Gasteiger partial charge >= 0.3 is 12.7 Å². The molecule has 0 heterocycles. The smallest absolute Gasteiger partial charge is 0.324 e. The van der Waals surface area contributed by atoms with E-state index in [4.69, 9.17) is 35.6 Å². The number of methoxy groups -OCH3 is 1. The molecule has 0 aromatic carbocycles. The summed E-state index contributed by atoms with van der Waals surface area (Å²) in [5, 5.41) is 8.44. The predicted molar refractivity (Wildman–Crippen MR) is 112 cm³/mol. The van der Waals surface area contributed by atoms with Crippen molar-refractivity contribution in [2.45, 2.75) is 83.7 Å². The molecular weight excluding hydrogens is 401 g/mol. The van der Waals surface area contributed by atoms with Crippen molar-refractivity contribution in [3.05, 3.63) is 0 Å². The molecule has 0 aromatic heterocycles. The highest BCUT2D eigenvalue weighted by atomic mass is 32.5. The van der Waals surface area contributed by atoms with Crippen LogP contribution in [0.2, 0.25) is 0 Å². The van der Waals surface area contributed by atoms with Crippen molar-refractivity contribution in [3.63, 3.8) is 0 Å². The summed E-state index contributed by atoms with van der Waals surface area (Å²) < 4.78 is 20.5. The zero-order chi connectivity index (χ0) is 21.1. The van der Waals surface area contributed by atoms with Crippen molar-refractivity contribution in [2.75, 3.05) is 26.9 Å². The molecule has 7 nitrogen and oxygen atoms in total. The summed E-state index contributed by atoms with van der Waals surface area (Å²) >= 11 is 4.83. The Bertz CT molecular complexity index is 486. The first kappa shape index (κ1) is 27.5. The van der Waals surface area contributed by atoms with Crippen LogP contribution in [-0.2, 0) is 35.1 Å². The van der Waals surface area contributed by atoms with E-state index in [-0.39, 0.29) is 32.2 Å². The number of carbonyl (C=O) groups excluding carboxylic acids is 1. The number of hydrogen-bond donors (Lipinski definition) is 1. The zero-order valence-electron chi connectivity index (χ0n) is 17.3. The van der Waals surface area contributed by atoms with E-state index in [1.807, 2.05) is 6.07 Å². The minimum atomic E-state index is -3.41. The Kier molecular flexibility index (Phi) is 18.1. The van der Waals surface area contributed by atoms with Crippen LogP contribution >= 0.6 is 6.72 Å². The van der Waals surface area contributed by atoms with E-state index in [1.54, 1.807) is 0 Å². The maximum atomic E-state index is 11.8. The van der Waals surface area contributed by atoms with Crippen molar-refractivity contribution in [1.82, 2.24) is 0 Å². The van der Waals surface area contributed by atoms with Crippen LogP contribution in [0.15, 0.2) is 0 Å². The predicted octanol–water partition coefficient (Wildman–Crippen LogP) is 4.63. The average molecular weight is 438 g/mol. The molecule has 0 saturated heterocycles. The van der Waals surface area contributed by atoms with Gasteiger partial charge < -0.3 is 23.4 Å². The van der Waals surface area contributed by atoms with Gasteiger partial charge in [-0.25, -0.2) is 0 Å². The molecule has 0 radical (unpaired) electrons. The second-order valence-electron chi connectivity index (χ2n) is 6.62. The van der Waals surface area contributed by atoms with Gasteiger partial charge in [-0.3, -0.25) is 4.79 Å². The molecule has 0 fully saturated rings. The molecule has 28 heavy (non-hydrogen) atoms. The highest BCUT2D eigenvalue weighted by Crippen LogP contribution is 2.43. The van der Waals surface area contributed by atoms with Gasteiger partial charge in [0.2, 0.25) is 0 Å². The number of nitriles is 1. The molecule has 9 heteroatoms. The fraction of sp³-hybridized carbons (Fsp3) is 0.895. The van der Waals surface area contributed by atoms with E-state index in [9.17, 15) is 9.69 Å². The molecule has 0 aromatic rings. The van der Waals surface area contributed by atoms with Crippen LogP contribution in [0.1, 0.15) is 77.6 Å². The van der Waals surface area contributed by atoms with Gasteiger partial charge in [0.25, 0.3) is 0 Å². The van der Waals surface area contributed by atoms with Crippen molar-refractivity contribution in [1.29, 1.82) is 5.26 Å². The fourth-order valence-corrected chi connectivity index (χ4v) is 3.60. The maximum Gasteiger partial charge on any atom is 0.324 e. The second-order valence-corrected chi connectivity index (χ2v) is 9.46. The van der Waals surface area contributed by atoms with Gasteiger partial charge in [-0.05, 0) is 18.2 Å². The van der Waals surface area contributed by atoms with E-state index in [0.717, 1.165) is 19.3 Å². The lowest BCUT2D eigenvalue weighted by Crippen LogP contribution is -2.25. The zero-order valence-corrected chi connectivity index (χ0v) is 19.0. The van der Waals surface area contributed by atoms with Crippen LogP contribution in [0.5, 0.6) is 0 Å². The monoisotopic (exact) mass is 437 g/mol. The standard InChI is InChI=1S/C19H36NO6PS/c1-3-4-5-6-7-8-9-10-11-13-19(21)24-16-18(23-2)17-26-27(22,28)25-15-12-14-20/h18H,3-13,15-17H2,1-2H3,(H,22,28). The van der Waals surface area contributed by atoms with E-state index in [0.29, 0.717) is 6.42 Å². The summed E-state index contributed by atoms with van der Waals surface area (Å²) in [5.74, 6) is -0.265.